The maximum absolute atomic E-state index is 13.2. The lowest BCUT2D eigenvalue weighted by molar-refractivity contribution is -0.122. The molecule has 0 spiro atoms. The van der Waals surface area contributed by atoms with Gasteiger partial charge >= 0.3 is 0 Å². The molecule has 0 heterocycles. The molecule has 0 aliphatic heterocycles. The van der Waals surface area contributed by atoms with E-state index in [0.717, 1.165) is 42.6 Å². The second kappa shape index (κ2) is 9.98. The number of amides is 2. The Bertz CT molecular complexity index is 909. The standard InChI is InChI=1S/C24H30ClN3O2/c1-4-14-28(24(30)20-10-5-6-11-21(20)25)16-18-15-19(12-13-22(18)27(2)3)26-23(29)17-8-7-9-17/h5-6,10-13,15,17H,4,7-9,14,16H2,1-3H3,(H,26,29). The molecule has 0 unspecified atom stereocenters. The molecule has 3 rings (SSSR count). The SMILES string of the molecule is CCCN(Cc1cc(NC(=O)C2CCC2)ccc1N(C)C)C(=O)c1ccccc1Cl. The first-order valence-electron chi connectivity index (χ1n) is 10.6. The number of carbonyl (C=O) groups is 2. The molecule has 1 saturated carbocycles. The van der Waals surface area contributed by atoms with Crippen LogP contribution in [0.4, 0.5) is 11.4 Å². The van der Waals surface area contributed by atoms with E-state index in [2.05, 4.69) is 12.2 Å². The summed E-state index contributed by atoms with van der Waals surface area (Å²) >= 11 is 6.28. The van der Waals surface area contributed by atoms with E-state index < -0.39 is 0 Å². The van der Waals surface area contributed by atoms with Crippen molar-refractivity contribution in [1.29, 1.82) is 0 Å². The molecule has 1 fully saturated rings. The highest BCUT2D eigenvalue weighted by Crippen LogP contribution is 2.30. The van der Waals surface area contributed by atoms with Crippen LogP contribution in [-0.2, 0) is 11.3 Å². The van der Waals surface area contributed by atoms with Crippen molar-refractivity contribution in [1.82, 2.24) is 4.90 Å². The van der Waals surface area contributed by atoms with Crippen molar-refractivity contribution in [2.24, 2.45) is 5.92 Å². The van der Waals surface area contributed by atoms with Gasteiger partial charge in [0, 0.05) is 44.5 Å². The van der Waals surface area contributed by atoms with Gasteiger partial charge in [0.15, 0.2) is 0 Å². The molecule has 5 nitrogen and oxygen atoms in total. The lowest BCUT2D eigenvalue weighted by atomic mass is 9.85. The summed E-state index contributed by atoms with van der Waals surface area (Å²) in [5, 5.41) is 3.50. The zero-order valence-electron chi connectivity index (χ0n) is 18.0. The quantitative estimate of drug-likeness (QED) is 0.630. The summed E-state index contributed by atoms with van der Waals surface area (Å²) in [6.45, 7) is 3.11. The molecule has 30 heavy (non-hydrogen) atoms. The minimum Gasteiger partial charge on any atom is -0.377 e. The van der Waals surface area contributed by atoms with Gasteiger partial charge in [-0.25, -0.2) is 0 Å². The summed E-state index contributed by atoms with van der Waals surface area (Å²) in [5.74, 6) is 0.124. The molecule has 6 heteroatoms. The minimum absolute atomic E-state index is 0.0855. The predicted octanol–water partition coefficient (Wildman–Crippen LogP) is 5.20. The van der Waals surface area contributed by atoms with E-state index in [1.165, 1.54) is 0 Å². The van der Waals surface area contributed by atoms with Gasteiger partial charge in [0.2, 0.25) is 5.91 Å². The number of anilines is 2. The average molecular weight is 428 g/mol. The van der Waals surface area contributed by atoms with Crippen LogP contribution in [0.15, 0.2) is 42.5 Å². The number of halogens is 1. The smallest absolute Gasteiger partial charge is 0.255 e. The Morgan fingerprint density at radius 2 is 1.87 bits per heavy atom. The fourth-order valence-corrected chi connectivity index (χ4v) is 3.89. The highest BCUT2D eigenvalue weighted by Gasteiger charge is 2.25. The van der Waals surface area contributed by atoms with Crippen LogP contribution >= 0.6 is 11.6 Å². The van der Waals surface area contributed by atoms with Crippen molar-refractivity contribution in [3.05, 3.63) is 58.6 Å². The van der Waals surface area contributed by atoms with Gasteiger partial charge in [0.1, 0.15) is 0 Å². The molecule has 1 aliphatic carbocycles. The van der Waals surface area contributed by atoms with Gasteiger partial charge < -0.3 is 15.1 Å². The third-order valence-electron chi connectivity index (χ3n) is 5.55. The number of nitrogens with zero attached hydrogens (tertiary/aromatic N) is 2. The van der Waals surface area contributed by atoms with E-state index in [1.807, 2.05) is 54.2 Å². The van der Waals surface area contributed by atoms with Crippen molar-refractivity contribution in [2.75, 3.05) is 30.9 Å². The third kappa shape index (κ3) is 5.14. The molecule has 160 valence electrons. The first-order chi connectivity index (χ1) is 14.4. The van der Waals surface area contributed by atoms with Crippen LogP contribution in [0.1, 0.15) is 48.5 Å². The fourth-order valence-electron chi connectivity index (χ4n) is 3.67. The number of nitrogens with one attached hydrogen (secondary N) is 1. The molecular formula is C24H30ClN3O2. The first-order valence-corrected chi connectivity index (χ1v) is 10.9. The molecule has 0 aromatic heterocycles. The van der Waals surface area contributed by atoms with Crippen molar-refractivity contribution in [3.63, 3.8) is 0 Å². The fraction of sp³-hybridized carbons (Fsp3) is 0.417. The maximum atomic E-state index is 13.2. The molecule has 2 amide bonds. The monoisotopic (exact) mass is 427 g/mol. The van der Waals surface area contributed by atoms with E-state index >= 15 is 0 Å². The molecule has 0 atom stereocenters. The normalized spacial score (nSPS) is 13.5. The van der Waals surface area contributed by atoms with E-state index in [0.29, 0.717) is 23.7 Å². The van der Waals surface area contributed by atoms with Crippen molar-refractivity contribution >= 4 is 34.8 Å². The van der Waals surface area contributed by atoms with Gasteiger partial charge in [-0.1, -0.05) is 37.1 Å². The largest absolute Gasteiger partial charge is 0.377 e. The van der Waals surface area contributed by atoms with Crippen molar-refractivity contribution in [2.45, 2.75) is 39.2 Å². The van der Waals surface area contributed by atoms with Crippen LogP contribution in [0.5, 0.6) is 0 Å². The topological polar surface area (TPSA) is 52.7 Å². The van der Waals surface area contributed by atoms with E-state index in [9.17, 15) is 9.59 Å². The first kappa shape index (κ1) is 22.2. The summed E-state index contributed by atoms with van der Waals surface area (Å²) in [6, 6.07) is 13.0. The third-order valence-corrected chi connectivity index (χ3v) is 5.88. The van der Waals surface area contributed by atoms with Gasteiger partial charge in [-0.15, -0.1) is 0 Å². The number of rotatable bonds is 8. The molecular weight excluding hydrogens is 398 g/mol. The number of hydrogen-bond acceptors (Lipinski definition) is 3. The molecule has 2 aromatic rings. The van der Waals surface area contributed by atoms with Gasteiger partial charge in [-0.05, 0) is 55.2 Å². The highest BCUT2D eigenvalue weighted by atomic mass is 35.5. The van der Waals surface area contributed by atoms with Crippen LogP contribution in [0.25, 0.3) is 0 Å². The second-order valence-corrected chi connectivity index (χ2v) is 8.47. The Labute approximate surface area is 184 Å². The van der Waals surface area contributed by atoms with Crippen LogP contribution in [-0.4, -0.2) is 37.4 Å². The molecule has 1 aliphatic rings. The van der Waals surface area contributed by atoms with Crippen LogP contribution in [0, 0.1) is 5.92 Å². The summed E-state index contributed by atoms with van der Waals surface area (Å²) < 4.78 is 0. The maximum Gasteiger partial charge on any atom is 0.255 e. The Morgan fingerprint density at radius 1 is 1.13 bits per heavy atom. The van der Waals surface area contributed by atoms with Crippen molar-refractivity contribution in [3.8, 4) is 0 Å². The summed E-state index contributed by atoms with van der Waals surface area (Å²) in [6.07, 6.45) is 3.89. The Balaban J connectivity index is 1.86. The van der Waals surface area contributed by atoms with Crippen LogP contribution in [0.2, 0.25) is 5.02 Å². The van der Waals surface area contributed by atoms with E-state index in [-0.39, 0.29) is 17.7 Å². The Kier molecular flexibility index (Phi) is 7.38. The van der Waals surface area contributed by atoms with E-state index in [4.69, 9.17) is 11.6 Å². The highest BCUT2D eigenvalue weighted by molar-refractivity contribution is 6.33. The average Bonchev–Trinajstić information content (AvgIpc) is 2.66. The zero-order valence-corrected chi connectivity index (χ0v) is 18.7. The molecule has 2 aromatic carbocycles. The lowest BCUT2D eigenvalue weighted by Crippen LogP contribution is -2.32. The zero-order chi connectivity index (χ0) is 21.7. The van der Waals surface area contributed by atoms with Gasteiger partial charge in [-0.2, -0.15) is 0 Å². The summed E-state index contributed by atoms with van der Waals surface area (Å²) in [5.41, 5.74) is 3.28. The minimum atomic E-state index is -0.0870. The molecule has 0 saturated heterocycles. The van der Waals surface area contributed by atoms with Crippen molar-refractivity contribution < 1.29 is 9.59 Å². The lowest BCUT2D eigenvalue weighted by Gasteiger charge is -2.27. The summed E-state index contributed by atoms with van der Waals surface area (Å²) in [4.78, 5) is 29.4. The number of benzene rings is 2. The van der Waals surface area contributed by atoms with Gasteiger partial charge in [0.25, 0.3) is 5.91 Å². The number of carbonyl (C=O) groups excluding carboxylic acids is 2. The number of hydrogen-bond donors (Lipinski definition) is 1. The van der Waals surface area contributed by atoms with Gasteiger partial charge in [0.05, 0.1) is 10.6 Å². The molecule has 1 N–H and O–H groups in total. The van der Waals surface area contributed by atoms with Gasteiger partial charge in [-0.3, -0.25) is 9.59 Å². The van der Waals surface area contributed by atoms with Crippen LogP contribution < -0.4 is 10.2 Å². The van der Waals surface area contributed by atoms with E-state index in [1.54, 1.807) is 12.1 Å². The second-order valence-electron chi connectivity index (χ2n) is 8.06. The Morgan fingerprint density at radius 3 is 2.47 bits per heavy atom. The Hall–Kier alpha value is -2.53. The molecule has 0 radical (unpaired) electrons. The summed E-state index contributed by atoms with van der Waals surface area (Å²) in [7, 11) is 3.96. The molecule has 0 bridgehead atoms. The van der Waals surface area contributed by atoms with Crippen LogP contribution in [0.3, 0.4) is 0 Å². The predicted molar refractivity (Wildman–Crippen MR) is 123 cm³/mol.